The Morgan fingerprint density at radius 1 is 1.43 bits per heavy atom. The fourth-order valence-electron chi connectivity index (χ4n) is 2.88. The minimum atomic E-state index is -0.455. The van der Waals surface area contributed by atoms with Gasteiger partial charge >= 0.3 is 0 Å². The van der Waals surface area contributed by atoms with E-state index >= 15 is 0 Å². The average molecular weight is 290 g/mol. The van der Waals surface area contributed by atoms with E-state index in [9.17, 15) is 4.79 Å². The molecule has 0 bridgehead atoms. The van der Waals surface area contributed by atoms with E-state index in [4.69, 9.17) is 4.74 Å². The summed E-state index contributed by atoms with van der Waals surface area (Å²) in [5.41, 5.74) is 1.72. The number of nitrogens with one attached hydrogen (secondary N) is 2. The molecule has 4 heteroatoms. The molecule has 1 aliphatic heterocycles. The molecule has 0 saturated carbocycles. The van der Waals surface area contributed by atoms with Gasteiger partial charge in [-0.1, -0.05) is 17.7 Å². The molecule has 0 spiro atoms. The third-order valence-corrected chi connectivity index (χ3v) is 4.32. The van der Waals surface area contributed by atoms with E-state index in [0.29, 0.717) is 0 Å². The van der Waals surface area contributed by atoms with Crippen LogP contribution >= 0.6 is 0 Å². The number of ether oxygens (including phenoxy) is 1. The van der Waals surface area contributed by atoms with Gasteiger partial charge in [0.2, 0.25) is 5.91 Å². The lowest BCUT2D eigenvalue weighted by molar-refractivity contribution is -0.128. The van der Waals surface area contributed by atoms with Gasteiger partial charge in [-0.3, -0.25) is 4.79 Å². The van der Waals surface area contributed by atoms with E-state index in [1.807, 2.05) is 32.9 Å². The van der Waals surface area contributed by atoms with Crippen LogP contribution in [0.1, 0.15) is 50.3 Å². The molecule has 1 aromatic rings. The van der Waals surface area contributed by atoms with Gasteiger partial charge in [0.05, 0.1) is 18.7 Å². The normalized spacial score (nSPS) is 23.4. The quantitative estimate of drug-likeness (QED) is 0.896. The Hall–Kier alpha value is -1.55. The summed E-state index contributed by atoms with van der Waals surface area (Å²) in [5, 5.41) is 6.48. The van der Waals surface area contributed by atoms with Crippen molar-refractivity contribution in [2.24, 2.45) is 0 Å². The smallest absolute Gasteiger partial charge is 0.240 e. The SMILES string of the molecule is COc1ccc(C)cc1C(C)NC(=O)C1(C)CCCCN1. The summed E-state index contributed by atoms with van der Waals surface area (Å²) in [6.45, 7) is 6.94. The van der Waals surface area contributed by atoms with Crippen molar-refractivity contribution in [2.75, 3.05) is 13.7 Å². The number of carbonyl (C=O) groups excluding carboxylic acids is 1. The number of benzene rings is 1. The molecule has 116 valence electrons. The molecular formula is C17H26N2O2. The Labute approximate surface area is 127 Å². The number of carbonyl (C=O) groups is 1. The minimum absolute atomic E-state index is 0.0678. The van der Waals surface area contributed by atoms with Crippen molar-refractivity contribution in [3.8, 4) is 5.75 Å². The largest absolute Gasteiger partial charge is 0.496 e. The zero-order valence-corrected chi connectivity index (χ0v) is 13.5. The first-order valence-electron chi connectivity index (χ1n) is 7.67. The summed E-state index contributed by atoms with van der Waals surface area (Å²) in [7, 11) is 1.66. The second-order valence-electron chi connectivity index (χ2n) is 6.16. The van der Waals surface area contributed by atoms with Crippen LogP contribution in [0.25, 0.3) is 0 Å². The number of amides is 1. The third kappa shape index (κ3) is 3.56. The summed E-state index contributed by atoms with van der Waals surface area (Å²) >= 11 is 0. The van der Waals surface area contributed by atoms with Gasteiger partial charge < -0.3 is 15.4 Å². The second-order valence-corrected chi connectivity index (χ2v) is 6.16. The highest BCUT2D eigenvalue weighted by molar-refractivity contribution is 5.86. The standard InChI is InChI=1S/C17H26N2O2/c1-12-7-8-15(21-4)14(11-12)13(2)19-16(20)17(3)9-5-6-10-18-17/h7-8,11,13,18H,5-6,9-10H2,1-4H3,(H,19,20). The topological polar surface area (TPSA) is 50.4 Å². The number of methoxy groups -OCH3 is 1. The Bertz CT molecular complexity index is 508. The first-order chi connectivity index (χ1) is 9.96. The van der Waals surface area contributed by atoms with Crippen LogP contribution in [0.2, 0.25) is 0 Å². The van der Waals surface area contributed by atoms with Gasteiger partial charge in [-0.25, -0.2) is 0 Å². The third-order valence-electron chi connectivity index (χ3n) is 4.32. The summed E-state index contributed by atoms with van der Waals surface area (Å²) < 4.78 is 5.41. The maximum absolute atomic E-state index is 12.6. The van der Waals surface area contributed by atoms with E-state index in [-0.39, 0.29) is 11.9 Å². The molecule has 2 rings (SSSR count). The molecular weight excluding hydrogens is 264 g/mol. The van der Waals surface area contributed by atoms with E-state index in [2.05, 4.69) is 16.7 Å². The van der Waals surface area contributed by atoms with Gasteiger partial charge in [-0.15, -0.1) is 0 Å². The lowest BCUT2D eigenvalue weighted by Crippen LogP contribution is -2.57. The number of piperidine rings is 1. The molecule has 2 atom stereocenters. The van der Waals surface area contributed by atoms with Crippen molar-refractivity contribution in [1.82, 2.24) is 10.6 Å². The number of hydrogen-bond acceptors (Lipinski definition) is 3. The summed E-state index contributed by atoms with van der Waals surface area (Å²) in [5.74, 6) is 0.883. The van der Waals surface area contributed by atoms with Gasteiger partial charge in [0, 0.05) is 5.56 Å². The number of hydrogen-bond donors (Lipinski definition) is 2. The molecule has 0 aliphatic carbocycles. The van der Waals surface area contributed by atoms with Crippen LogP contribution in [-0.4, -0.2) is 25.1 Å². The number of rotatable bonds is 4. The molecule has 4 nitrogen and oxygen atoms in total. The van der Waals surface area contributed by atoms with Gasteiger partial charge in [0.25, 0.3) is 0 Å². The molecule has 1 aromatic carbocycles. The molecule has 1 fully saturated rings. The molecule has 1 saturated heterocycles. The van der Waals surface area contributed by atoms with Gasteiger partial charge in [-0.05, 0) is 52.6 Å². The fraction of sp³-hybridized carbons (Fsp3) is 0.588. The van der Waals surface area contributed by atoms with E-state index in [1.165, 1.54) is 0 Å². The Morgan fingerprint density at radius 3 is 2.81 bits per heavy atom. The van der Waals surface area contributed by atoms with Crippen molar-refractivity contribution in [2.45, 2.75) is 51.6 Å². The first-order valence-corrected chi connectivity index (χ1v) is 7.67. The van der Waals surface area contributed by atoms with Gasteiger partial charge in [0.15, 0.2) is 0 Å². The predicted octanol–water partition coefficient (Wildman–Crippen LogP) is 2.71. The van der Waals surface area contributed by atoms with E-state index in [0.717, 1.165) is 42.7 Å². The molecule has 0 aromatic heterocycles. The van der Waals surface area contributed by atoms with Crippen LogP contribution in [-0.2, 0) is 4.79 Å². The Kier molecular flexibility index (Phi) is 4.88. The van der Waals surface area contributed by atoms with Crippen LogP contribution in [0.3, 0.4) is 0 Å². The zero-order valence-electron chi connectivity index (χ0n) is 13.5. The fourth-order valence-corrected chi connectivity index (χ4v) is 2.88. The lowest BCUT2D eigenvalue weighted by atomic mass is 9.89. The van der Waals surface area contributed by atoms with Crippen molar-refractivity contribution >= 4 is 5.91 Å². The summed E-state index contributed by atoms with van der Waals surface area (Å²) in [4.78, 5) is 12.6. The average Bonchev–Trinajstić information content (AvgIpc) is 2.47. The molecule has 2 N–H and O–H groups in total. The van der Waals surface area contributed by atoms with Crippen LogP contribution in [0.15, 0.2) is 18.2 Å². The van der Waals surface area contributed by atoms with E-state index < -0.39 is 5.54 Å². The number of aryl methyl sites for hydroxylation is 1. The van der Waals surface area contributed by atoms with Crippen LogP contribution in [0, 0.1) is 6.92 Å². The Balaban J connectivity index is 2.12. The molecule has 0 radical (unpaired) electrons. The molecule has 21 heavy (non-hydrogen) atoms. The van der Waals surface area contributed by atoms with Crippen LogP contribution in [0.4, 0.5) is 0 Å². The van der Waals surface area contributed by atoms with Crippen molar-refractivity contribution in [1.29, 1.82) is 0 Å². The van der Waals surface area contributed by atoms with Crippen molar-refractivity contribution in [3.05, 3.63) is 29.3 Å². The summed E-state index contributed by atoms with van der Waals surface area (Å²) in [6.07, 6.45) is 3.12. The molecule has 1 aliphatic rings. The monoisotopic (exact) mass is 290 g/mol. The first kappa shape index (κ1) is 15.8. The van der Waals surface area contributed by atoms with Crippen molar-refractivity contribution < 1.29 is 9.53 Å². The maximum Gasteiger partial charge on any atom is 0.240 e. The lowest BCUT2D eigenvalue weighted by Gasteiger charge is -2.34. The summed E-state index contributed by atoms with van der Waals surface area (Å²) in [6, 6.07) is 5.96. The van der Waals surface area contributed by atoms with Crippen LogP contribution in [0.5, 0.6) is 5.75 Å². The van der Waals surface area contributed by atoms with E-state index in [1.54, 1.807) is 7.11 Å². The molecule has 1 heterocycles. The minimum Gasteiger partial charge on any atom is -0.496 e. The second kappa shape index (κ2) is 6.48. The molecule has 1 amide bonds. The Morgan fingerprint density at radius 2 is 2.19 bits per heavy atom. The highest BCUT2D eigenvalue weighted by atomic mass is 16.5. The van der Waals surface area contributed by atoms with Gasteiger partial charge in [-0.2, -0.15) is 0 Å². The highest BCUT2D eigenvalue weighted by Gasteiger charge is 2.35. The predicted molar refractivity (Wildman–Crippen MR) is 84.5 cm³/mol. The highest BCUT2D eigenvalue weighted by Crippen LogP contribution is 2.27. The zero-order chi connectivity index (χ0) is 15.5. The molecule has 2 unspecified atom stereocenters. The van der Waals surface area contributed by atoms with Crippen molar-refractivity contribution in [3.63, 3.8) is 0 Å². The maximum atomic E-state index is 12.6. The van der Waals surface area contributed by atoms with Gasteiger partial charge in [0.1, 0.15) is 5.75 Å². The van der Waals surface area contributed by atoms with Crippen LogP contribution < -0.4 is 15.4 Å².